The second-order valence-electron chi connectivity index (χ2n) is 5.33. The predicted molar refractivity (Wildman–Crippen MR) is 81.9 cm³/mol. The Bertz CT molecular complexity index is 472. The SMILES string of the molecule is COc1ccc(C(CN)NC(=O)OC(C)(C)C)cc1Br. The van der Waals surface area contributed by atoms with Gasteiger partial charge in [-0.3, -0.25) is 0 Å². The van der Waals surface area contributed by atoms with Gasteiger partial charge in [0, 0.05) is 6.54 Å². The number of hydrogen-bond donors (Lipinski definition) is 2. The van der Waals surface area contributed by atoms with Crippen LogP contribution in [-0.4, -0.2) is 25.3 Å². The molecule has 1 aromatic carbocycles. The van der Waals surface area contributed by atoms with Gasteiger partial charge in [-0.2, -0.15) is 0 Å². The average Bonchev–Trinajstić information content (AvgIpc) is 2.33. The maximum Gasteiger partial charge on any atom is 0.408 e. The Kier molecular flexibility index (Phi) is 5.83. The lowest BCUT2D eigenvalue weighted by atomic mass is 10.1. The largest absolute Gasteiger partial charge is 0.496 e. The van der Waals surface area contributed by atoms with Crippen LogP contribution in [-0.2, 0) is 4.74 Å². The molecule has 0 aliphatic heterocycles. The maximum atomic E-state index is 11.8. The highest BCUT2D eigenvalue weighted by Gasteiger charge is 2.20. The van der Waals surface area contributed by atoms with Crippen LogP contribution in [0.5, 0.6) is 5.75 Å². The van der Waals surface area contributed by atoms with Crippen LogP contribution in [0.3, 0.4) is 0 Å². The van der Waals surface area contributed by atoms with Gasteiger partial charge in [-0.1, -0.05) is 6.07 Å². The first-order chi connectivity index (χ1) is 9.26. The molecule has 1 atom stereocenters. The van der Waals surface area contributed by atoms with E-state index in [2.05, 4.69) is 21.2 Å². The van der Waals surface area contributed by atoms with Gasteiger partial charge in [0.2, 0.25) is 0 Å². The lowest BCUT2D eigenvalue weighted by Gasteiger charge is -2.23. The minimum Gasteiger partial charge on any atom is -0.496 e. The summed E-state index contributed by atoms with van der Waals surface area (Å²) < 4.78 is 11.2. The Balaban J connectivity index is 2.81. The third kappa shape index (κ3) is 5.02. The number of methoxy groups -OCH3 is 1. The van der Waals surface area contributed by atoms with Crippen molar-refractivity contribution in [3.8, 4) is 5.75 Å². The van der Waals surface area contributed by atoms with E-state index in [9.17, 15) is 4.79 Å². The Labute approximate surface area is 127 Å². The van der Waals surface area contributed by atoms with Crippen LogP contribution in [0.4, 0.5) is 4.79 Å². The molecule has 0 bridgehead atoms. The fraction of sp³-hybridized carbons (Fsp3) is 0.500. The average molecular weight is 345 g/mol. The van der Waals surface area contributed by atoms with Crippen molar-refractivity contribution in [1.29, 1.82) is 0 Å². The normalized spacial score (nSPS) is 12.7. The molecule has 0 spiro atoms. The topological polar surface area (TPSA) is 73.6 Å². The molecule has 20 heavy (non-hydrogen) atoms. The molecule has 1 unspecified atom stereocenters. The molecule has 6 heteroatoms. The minimum atomic E-state index is -0.538. The zero-order valence-corrected chi connectivity index (χ0v) is 13.8. The number of carbonyl (C=O) groups is 1. The van der Waals surface area contributed by atoms with Gasteiger partial charge < -0.3 is 20.5 Å². The van der Waals surface area contributed by atoms with Crippen LogP contribution in [0, 0.1) is 0 Å². The molecule has 0 radical (unpaired) electrons. The van der Waals surface area contributed by atoms with Crippen LogP contribution < -0.4 is 15.8 Å². The molecule has 0 fully saturated rings. The molecule has 112 valence electrons. The van der Waals surface area contributed by atoms with Gasteiger partial charge in [-0.05, 0) is 54.4 Å². The second-order valence-corrected chi connectivity index (χ2v) is 6.18. The fourth-order valence-corrected chi connectivity index (χ4v) is 2.19. The van der Waals surface area contributed by atoms with Crippen molar-refractivity contribution in [3.05, 3.63) is 28.2 Å². The molecule has 1 aromatic rings. The minimum absolute atomic E-state index is 0.276. The van der Waals surface area contributed by atoms with E-state index in [-0.39, 0.29) is 12.6 Å². The molecule has 0 saturated heterocycles. The van der Waals surface area contributed by atoms with Crippen molar-refractivity contribution in [2.45, 2.75) is 32.4 Å². The van der Waals surface area contributed by atoms with Crippen LogP contribution in [0.25, 0.3) is 0 Å². The number of carbonyl (C=O) groups excluding carboxylic acids is 1. The van der Waals surface area contributed by atoms with Gasteiger partial charge in [-0.25, -0.2) is 4.79 Å². The van der Waals surface area contributed by atoms with Crippen LogP contribution in [0.1, 0.15) is 32.4 Å². The predicted octanol–water partition coefficient (Wildman–Crippen LogP) is 2.98. The summed E-state index contributed by atoms with van der Waals surface area (Å²) in [4.78, 5) is 11.8. The highest BCUT2D eigenvalue weighted by atomic mass is 79.9. The smallest absolute Gasteiger partial charge is 0.408 e. The van der Waals surface area contributed by atoms with E-state index in [1.165, 1.54) is 0 Å². The van der Waals surface area contributed by atoms with Crippen LogP contribution in [0.2, 0.25) is 0 Å². The number of hydrogen-bond acceptors (Lipinski definition) is 4. The third-order valence-electron chi connectivity index (χ3n) is 2.50. The van der Waals surface area contributed by atoms with Crippen molar-refractivity contribution in [2.75, 3.05) is 13.7 Å². The number of nitrogens with two attached hydrogens (primary N) is 1. The van der Waals surface area contributed by atoms with Gasteiger partial charge >= 0.3 is 6.09 Å². The van der Waals surface area contributed by atoms with E-state index in [4.69, 9.17) is 15.2 Å². The van der Waals surface area contributed by atoms with Crippen molar-refractivity contribution in [2.24, 2.45) is 5.73 Å². The number of rotatable bonds is 4. The van der Waals surface area contributed by atoms with E-state index >= 15 is 0 Å². The van der Waals surface area contributed by atoms with Gasteiger partial charge in [0.05, 0.1) is 17.6 Å². The summed E-state index contributed by atoms with van der Waals surface area (Å²) in [5.41, 5.74) is 6.06. The summed E-state index contributed by atoms with van der Waals surface area (Å²) in [5, 5.41) is 2.76. The lowest BCUT2D eigenvalue weighted by molar-refractivity contribution is 0.0505. The van der Waals surface area contributed by atoms with Gasteiger partial charge in [0.15, 0.2) is 0 Å². The summed E-state index contributed by atoms with van der Waals surface area (Å²) in [6.07, 6.45) is -0.486. The van der Waals surface area contributed by atoms with E-state index in [0.717, 1.165) is 15.8 Å². The lowest BCUT2D eigenvalue weighted by Crippen LogP contribution is -2.37. The molecule has 5 nitrogen and oxygen atoms in total. The van der Waals surface area contributed by atoms with Gasteiger partial charge in [0.1, 0.15) is 11.4 Å². The van der Waals surface area contributed by atoms with Crippen molar-refractivity contribution < 1.29 is 14.3 Å². The molecule has 1 rings (SSSR count). The molecule has 0 aromatic heterocycles. The highest BCUT2D eigenvalue weighted by Crippen LogP contribution is 2.28. The van der Waals surface area contributed by atoms with Crippen LogP contribution in [0.15, 0.2) is 22.7 Å². The number of amides is 1. The summed E-state index contributed by atoms with van der Waals surface area (Å²) in [6.45, 7) is 5.72. The maximum absolute atomic E-state index is 11.8. The number of nitrogens with one attached hydrogen (secondary N) is 1. The van der Waals surface area contributed by atoms with E-state index in [1.54, 1.807) is 7.11 Å². The summed E-state index contributed by atoms with van der Waals surface area (Å²) in [5.74, 6) is 0.724. The van der Waals surface area contributed by atoms with Crippen molar-refractivity contribution >= 4 is 22.0 Å². The number of benzene rings is 1. The first-order valence-electron chi connectivity index (χ1n) is 6.30. The third-order valence-corrected chi connectivity index (χ3v) is 3.12. The number of ether oxygens (including phenoxy) is 2. The highest BCUT2D eigenvalue weighted by molar-refractivity contribution is 9.10. The molecule has 0 aliphatic rings. The van der Waals surface area contributed by atoms with E-state index in [1.807, 2.05) is 39.0 Å². The van der Waals surface area contributed by atoms with Crippen LogP contribution >= 0.6 is 15.9 Å². The second kappa shape index (κ2) is 6.95. The van der Waals surface area contributed by atoms with Gasteiger partial charge in [0.25, 0.3) is 0 Å². The van der Waals surface area contributed by atoms with Gasteiger partial charge in [-0.15, -0.1) is 0 Å². The fourth-order valence-electron chi connectivity index (χ4n) is 1.63. The van der Waals surface area contributed by atoms with E-state index in [0.29, 0.717) is 0 Å². The Morgan fingerprint density at radius 1 is 1.45 bits per heavy atom. The summed E-state index contributed by atoms with van der Waals surface area (Å²) in [6, 6.07) is 5.23. The summed E-state index contributed by atoms with van der Waals surface area (Å²) >= 11 is 3.41. The van der Waals surface area contributed by atoms with Crippen molar-refractivity contribution in [1.82, 2.24) is 5.32 Å². The monoisotopic (exact) mass is 344 g/mol. The molecular formula is C14H21BrN2O3. The summed E-state index contributed by atoms with van der Waals surface area (Å²) in [7, 11) is 1.60. The first-order valence-corrected chi connectivity index (χ1v) is 7.09. The molecule has 0 aliphatic carbocycles. The Hall–Kier alpha value is -1.27. The molecule has 3 N–H and O–H groups in total. The Morgan fingerprint density at radius 3 is 2.55 bits per heavy atom. The van der Waals surface area contributed by atoms with Crippen molar-refractivity contribution in [3.63, 3.8) is 0 Å². The molecule has 1 amide bonds. The molecular weight excluding hydrogens is 324 g/mol. The van der Waals surface area contributed by atoms with E-state index < -0.39 is 11.7 Å². The zero-order chi connectivity index (χ0) is 15.3. The number of alkyl carbamates (subject to hydrolysis) is 1. The zero-order valence-electron chi connectivity index (χ0n) is 12.2. The molecule has 0 heterocycles. The standard InChI is InChI=1S/C14H21BrN2O3/c1-14(2,3)20-13(18)17-11(8-16)9-5-6-12(19-4)10(15)7-9/h5-7,11H,8,16H2,1-4H3,(H,17,18). The first kappa shape index (κ1) is 16.8. The quantitative estimate of drug-likeness (QED) is 0.880. The molecule has 0 saturated carbocycles. The number of halogens is 1. The Morgan fingerprint density at radius 2 is 2.10 bits per heavy atom.